The Morgan fingerprint density at radius 3 is 2.36 bits per heavy atom. The largest absolute Gasteiger partial charge is 0.496 e. The van der Waals surface area contributed by atoms with E-state index in [1.807, 2.05) is 31.2 Å². The first kappa shape index (κ1) is 18.7. The average Bonchev–Trinajstić information content (AvgIpc) is 2.59. The molecule has 0 bridgehead atoms. The topological polar surface area (TPSA) is 72.5 Å². The fourth-order valence-corrected chi connectivity index (χ4v) is 2.95. The van der Waals surface area contributed by atoms with Crippen LogP contribution in [0.1, 0.15) is 24.1 Å². The summed E-state index contributed by atoms with van der Waals surface area (Å²) in [4.78, 5) is 12.3. The minimum atomic E-state index is -3.22. The highest BCUT2D eigenvalue weighted by molar-refractivity contribution is 7.90. The number of ether oxygens (including phenoxy) is 1. The van der Waals surface area contributed by atoms with E-state index < -0.39 is 9.84 Å². The van der Waals surface area contributed by atoms with Crippen molar-refractivity contribution in [1.29, 1.82) is 0 Å². The van der Waals surface area contributed by atoms with E-state index in [1.54, 1.807) is 25.3 Å². The lowest BCUT2D eigenvalue weighted by atomic mass is 10.1. The van der Waals surface area contributed by atoms with Gasteiger partial charge in [-0.2, -0.15) is 0 Å². The Morgan fingerprint density at radius 2 is 1.76 bits per heavy atom. The molecule has 0 saturated heterocycles. The first-order valence-corrected chi connectivity index (χ1v) is 9.62. The Labute approximate surface area is 148 Å². The highest BCUT2D eigenvalue weighted by atomic mass is 32.2. The first-order valence-electron chi connectivity index (χ1n) is 7.73. The van der Waals surface area contributed by atoms with Crippen LogP contribution in [0.4, 0.5) is 0 Å². The summed E-state index contributed by atoms with van der Waals surface area (Å²) in [6.07, 6.45) is 4.29. The molecule has 0 aliphatic carbocycles. The van der Waals surface area contributed by atoms with E-state index in [0.29, 0.717) is 5.75 Å². The molecule has 25 heavy (non-hydrogen) atoms. The summed E-state index contributed by atoms with van der Waals surface area (Å²) < 4.78 is 28.2. The zero-order valence-electron chi connectivity index (χ0n) is 14.4. The van der Waals surface area contributed by atoms with Gasteiger partial charge in [0.15, 0.2) is 9.84 Å². The van der Waals surface area contributed by atoms with E-state index in [0.717, 1.165) is 17.4 Å². The molecule has 2 aromatic rings. The fraction of sp³-hybridized carbons (Fsp3) is 0.211. The SMILES string of the molecule is COc1ccccc1/C=C/C(=O)NC(C)c1ccc(S(C)(=O)=O)cc1. The first-order chi connectivity index (χ1) is 11.8. The van der Waals surface area contributed by atoms with Crippen LogP contribution in [0.5, 0.6) is 5.75 Å². The van der Waals surface area contributed by atoms with Crippen molar-refractivity contribution in [3.63, 3.8) is 0 Å². The second-order valence-corrected chi connectivity index (χ2v) is 7.66. The molecule has 0 spiro atoms. The Kier molecular flexibility index (Phi) is 5.98. The molecule has 0 aliphatic rings. The molecule has 0 aliphatic heterocycles. The maximum absolute atomic E-state index is 12.1. The summed E-state index contributed by atoms with van der Waals surface area (Å²) in [5.74, 6) is 0.446. The van der Waals surface area contributed by atoms with Crippen LogP contribution in [0.25, 0.3) is 6.08 Å². The van der Waals surface area contributed by atoms with Crippen molar-refractivity contribution in [2.45, 2.75) is 17.9 Å². The highest BCUT2D eigenvalue weighted by Gasteiger charge is 2.11. The van der Waals surface area contributed by atoms with Gasteiger partial charge in [0, 0.05) is 17.9 Å². The van der Waals surface area contributed by atoms with Gasteiger partial charge in [-0.25, -0.2) is 8.42 Å². The van der Waals surface area contributed by atoms with Crippen LogP contribution in [0, 0.1) is 0 Å². The van der Waals surface area contributed by atoms with Crippen LogP contribution >= 0.6 is 0 Å². The maximum Gasteiger partial charge on any atom is 0.244 e. The molecule has 1 unspecified atom stereocenters. The number of benzene rings is 2. The summed E-state index contributed by atoms with van der Waals surface area (Å²) in [7, 11) is -1.65. The lowest BCUT2D eigenvalue weighted by Gasteiger charge is -2.13. The minimum Gasteiger partial charge on any atom is -0.496 e. The fourth-order valence-electron chi connectivity index (χ4n) is 2.32. The van der Waals surface area contributed by atoms with Crippen LogP contribution in [-0.4, -0.2) is 27.7 Å². The molecule has 0 saturated carbocycles. The summed E-state index contributed by atoms with van der Waals surface area (Å²) >= 11 is 0. The minimum absolute atomic E-state index is 0.245. The molecule has 0 heterocycles. The molecule has 5 nitrogen and oxygen atoms in total. The van der Waals surface area contributed by atoms with Gasteiger partial charge in [0.2, 0.25) is 5.91 Å². The standard InChI is InChI=1S/C19H21NO4S/c1-14(15-8-11-17(12-9-15)25(3,22)23)20-19(21)13-10-16-6-4-5-7-18(16)24-2/h4-14H,1-3H3,(H,20,21)/b13-10+. The van der Waals surface area contributed by atoms with Crippen LogP contribution in [-0.2, 0) is 14.6 Å². The molecule has 2 rings (SSSR count). The molecule has 0 radical (unpaired) electrons. The van der Waals surface area contributed by atoms with Gasteiger partial charge in [0.1, 0.15) is 5.75 Å². The molecular weight excluding hydrogens is 338 g/mol. The van der Waals surface area contributed by atoms with Crippen molar-refractivity contribution >= 4 is 21.8 Å². The molecule has 132 valence electrons. The number of amides is 1. The zero-order valence-corrected chi connectivity index (χ0v) is 15.2. The van der Waals surface area contributed by atoms with E-state index in [4.69, 9.17) is 4.74 Å². The van der Waals surface area contributed by atoms with Crippen molar-refractivity contribution < 1.29 is 17.9 Å². The van der Waals surface area contributed by atoms with Crippen molar-refractivity contribution in [3.05, 3.63) is 65.7 Å². The normalized spacial score (nSPS) is 12.8. The molecule has 1 N–H and O–H groups in total. The van der Waals surface area contributed by atoms with Crippen molar-refractivity contribution in [2.24, 2.45) is 0 Å². The van der Waals surface area contributed by atoms with Crippen LogP contribution in [0.3, 0.4) is 0 Å². The second-order valence-electron chi connectivity index (χ2n) is 5.65. The van der Waals surface area contributed by atoms with E-state index >= 15 is 0 Å². The zero-order chi connectivity index (χ0) is 18.4. The lowest BCUT2D eigenvalue weighted by molar-refractivity contribution is -0.117. The summed E-state index contributed by atoms with van der Waals surface area (Å²) in [6, 6.07) is 13.6. The number of hydrogen-bond donors (Lipinski definition) is 1. The third kappa shape index (κ3) is 5.19. The van der Waals surface area contributed by atoms with Gasteiger partial charge in [0.25, 0.3) is 0 Å². The number of rotatable bonds is 6. The second kappa shape index (κ2) is 7.98. The van der Waals surface area contributed by atoms with Gasteiger partial charge >= 0.3 is 0 Å². The van der Waals surface area contributed by atoms with E-state index in [2.05, 4.69) is 5.32 Å². The predicted octanol–water partition coefficient (Wildman–Crippen LogP) is 2.99. The molecule has 1 atom stereocenters. The quantitative estimate of drug-likeness (QED) is 0.805. The number of sulfone groups is 1. The molecule has 2 aromatic carbocycles. The van der Waals surface area contributed by atoms with Gasteiger partial charge in [0.05, 0.1) is 18.0 Å². The van der Waals surface area contributed by atoms with Gasteiger partial charge in [-0.15, -0.1) is 0 Å². The average molecular weight is 359 g/mol. The molecule has 0 fully saturated rings. The Balaban J connectivity index is 2.03. The highest BCUT2D eigenvalue weighted by Crippen LogP contribution is 2.19. The van der Waals surface area contributed by atoms with Crippen LogP contribution in [0.15, 0.2) is 59.5 Å². The molecule has 1 amide bonds. The number of nitrogens with one attached hydrogen (secondary N) is 1. The number of hydrogen-bond acceptors (Lipinski definition) is 4. The number of methoxy groups -OCH3 is 1. The van der Waals surface area contributed by atoms with E-state index in [-0.39, 0.29) is 16.8 Å². The maximum atomic E-state index is 12.1. The third-order valence-corrected chi connectivity index (χ3v) is 4.85. The molecule has 6 heteroatoms. The number of carbonyl (C=O) groups excluding carboxylic acids is 1. The van der Waals surface area contributed by atoms with Crippen molar-refractivity contribution in [1.82, 2.24) is 5.32 Å². The van der Waals surface area contributed by atoms with Crippen molar-refractivity contribution in [2.75, 3.05) is 13.4 Å². The third-order valence-electron chi connectivity index (χ3n) is 3.72. The Hall–Kier alpha value is -2.60. The van der Waals surface area contributed by atoms with Gasteiger partial charge in [-0.3, -0.25) is 4.79 Å². The van der Waals surface area contributed by atoms with Gasteiger partial charge < -0.3 is 10.1 Å². The van der Waals surface area contributed by atoms with Gasteiger partial charge in [-0.1, -0.05) is 30.3 Å². The smallest absolute Gasteiger partial charge is 0.244 e. The number of carbonyl (C=O) groups is 1. The van der Waals surface area contributed by atoms with Crippen LogP contribution < -0.4 is 10.1 Å². The Bertz CT molecular complexity index is 871. The lowest BCUT2D eigenvalue weighted by Crippen LogP contribution is -2.24. The summed E-state index contributed by atoms with van der Waals surface area (Å²) in [6.45, 7) is 1.84. The molecule has 0 aromatic heterocycles. The molecular formula is C19H21NO4S. The monoisotopic (exact) mass is 359 g/mol. The van der Waals surface area contributed by atoms with E-state index in [9.17, 15) is 13.2 Å². The van der Waals surface area contributed by atoms with E-state index in [1.165, 1.54) is 18.2 Å². The predicted molar refractivity (Wildman–Crippen MR) is 98.1 cm³/mol. The van der Waals surface area contributed by atoms with Crippen LogP contribution in [0.2, 0.25) is 0 Å². The Morgan fingerprint density at radius 1 is 1.12 bits per heavy atom. The number of para-hydroxylation sites is 1. The summed E-state index contributed by atoms with van der Waals surface area (Å²) in [5, 5.41) is 2.85. The summed E-state index contributed by atoms with van der Waals surface area (Å²) in [5.41, 5.74) is 1.64. The van der Waals surface area contributed by atoms with Gasteiger partial charge in [-0.05, 0) is 36.8 Å². The van der Waals surface area contributed by atoms with Crippen molar-refractivity contribution in [3.8, 4) is 5.75 Å².